The summed E-state index contributed by atoms with van der Waals surface area (Å²) in [5.74, 6) is -0.0544. The molecule has 1 atom stereocenters. The number of carbonyl (C=O) groups is 2. The van der Waals surface area contributed by atoms with Crippen molar-refractivity contribution in [3.63, 3.8) is 0 Å². The molecule has 8 heteroatoms. The van der Waals surface area contributed by atoms with E-state index in [1.165, 1.54) is 0 Å². The lowest BCUT2D eigenvalue weighted by molar-refractivity contribution is -0.120. The quantitative estimate of drug-likeness (QED) is 0.310. The van der Waals surface area contributed by atoms with Gasteiger partial charge in [0.05, 0.1) is 26.3 Å². The molecule has 3 aromatic carbocycles. The first-order chi connectivity index (χ1) is 19.6. The van der Waals surface area contributed by atoms with Gasteiger partial charge in [0, 0.05) is 53.5 Å². The number of nitrogens with zero attached hydrogens (tertiary/aromatic N) is 3. The lowest BCUT2D eigenvalue weighted by Crippen LogP contribution is -2.44. The Labute approximate surface area is 238 Å². The number of rotatable bonds is 7. The summed E-state index contributed by atoms with van der Waals surface area (Å²) in [6, 6.07) is 26.4. The molecule has 0 aliphatic carbocycles. The van der Waals surface area contributed by atoms with Crippen molar-refractivity contribution in [1.29, 1.82) is 0 Å². The van der Waals surface area contributed by atoms with E-state index in [2.05, 4.69) is 20.9 Å². The van der Waals surface area contributed by atoms with Crippen LogP contribution in [0, 0.1) is 0 Å². The molecule has 1 unspecified atom stereocenters. The van der Waals surface area contributed by atoms with Gasteiger partial charge < -0.3 is 19.5 Å². The first-order valence-electron chi connectivity index (χ1n) is 13.5. The number of para-hydroxylation sites is 1. The molecule has 0 bridgehead atoms. The molecule has 1 N–H and O–H groups in total. The summed E-state index contributed by atoms with van der Waals surface area (Å²) in [6.45, 7) is 4.02. The van der Waals surface area contributed by atoms with Gasteiger partial charge in [-0.05, 0) is 59.7 Å². The van der Waals surface area contributed by atoms with Gasteiger partial charge in [0.1, 0.15) is 6.04 Å². The highest BCUT2D eigenvalue weighted by molar-refractivity contribution is 6.31. The molecule has 0 radical (unpaired) electrons. The van der Waals surface area contributed by atoms with Gasteiger partial charge in [-0.1, -0.05) is 48.0 Å². The van der Waals surface area contributed by atoms with Crippen LogP contribution in [-0.2, 0) is 22.6 Å². The fourth-order valence-electron chi connectivity index (χ4n) is 5.37. The van der Waals surface area contributed by atoms with Gasteiger partial charge in [0.25, 0.3) is 0 Å². The summed E-state index contributed by atoms with van der Waals surface area (Å²) in [5, 5.41) is 4.09. The van der Waals surface area contributed by atoms with Crippen molar-refractivity contribution in [2.45, 2.75) is 19.1 Å². The van der Waals surface area contributed by atoms with E-state index < -0.39 is 6.04 Å². The maximum Gasteiger partial charge on any atom is 0.241 e. The van der Waals surface area contributed by atoms with E-state index in [-0.39, 0.29) is 18.2 Å². The molecule has 204 valence electrons. The molecular weight excluding hydrogens is 524 g/mol. The Morgan fingerprint density at radius 3 is 2.48 bits per heavy atom. The SMILES string of the molecule is O=C(c1ccc(N(Cc2ccccc2Cl)C(=O)CN2CCOCC2)cc1)C1Nc2ccccc2Cn2cccc21. The zero-order valence-electron chi connectivity index (χ0n) is 22.1. The zero-order chi connectivity index (χ0) is 27.5. The highest BCUT2D eigenvalue weighted by Crippen LogP contribution is 2.32. The largest absolute Gasteiger partial charge is 0.379 e. The molecule has 1 aromatic heterocycles. The second-order valence-corrected chi connectivity index (χ2v) is 10.6. The number of Topliss-reactive ketones (excluding diaryl/α,β-unsaturated/α-hetero) is 1. The number of fused-ring (bicyclic) bond motifs is 2. The van der Waals surface area contributed by atoms with Crippen LogP contribution in [0.15, 0.2) is 91.1 Å². The minimum Gasteiger partial charge on any atom is -0.379 e. The van der Waals surface area contributed by atoms with Crippen LogP contribution >= 0.6 is 11.6 Å². The molecule has 1 saturated heterocycles. The van der Waals surface area contributed by atoms with Crippen molar-refractivity contribution in [1.82, 2.24) is 9.47 Å². The number of morpholine rings is 1. The summed E-state index contributed by atoms with van der Waals surface area (Å²) >= 11 is 6.47. The van der Waals surface area contributed by atoms with Gasteiger partial charge in [0.15, 0.2) is 5.78 Å². The van der Waals surface area contributed by atoms with Crippen molar-refractivity contribution < 1.29 is 14.3 Å². The Bertz CT molecular complexity index is 1510. The van der Waals surface area contributed by atoms with E-state index >= 15 is 0 Å². The van der Waals surface area contributed by atoms with E-state index in [0.29, 0.717) is 36.9 Å². The summed E-state index contributed by atoms with van der Waals surface area (Å²) < 4.78 is 7.56. The Morgan fingerprint density at radius 2 is 1.68 bits per heavy atom. The summed E-state index contributed by atoms with van der Waals surface area (Å²) in [4.78, 5) is 31.3. The summed E-state index contributed by atoms with van der Waals surface area (Å²) in [7, 11) is 0. The number of nitrogens with one attached hydrogen (secondary N) is 1. The van der Waals surface area contributed by atoms with E-state index in [1.807, 2.05) is 85.1 Å². The molecule has 0 saturated carbocycles. The van der Waals surface area contributed by atoms with Gasteiger partial charge in [-0.3, -0.25) is 14.5 Å². The highest BCUT2D eigenvalue weighted by Gasteiger charge is 2.28. The standard InChI is InChI=1S/C32H31ClN4O3/c33-27-8-3-1-6-24(27)21-37(30(38)22-35-16-18-40-19-17-35)26-13-11-23(12-14-26)32(39)31-29-10-5-15-36(29)20-25-7-2-4-9-28(25)34-31/h1-15,31,34H,16-22H2. The van der Waals surface area contributed by atoms with E-state index in [0.717, 1.165) is 41.3 Å². The Kier molecular flexibility index (Phi) is 7.68. The minimum absolute atomic E-state index is 0.0271. The summed E-state index contributed by atoms with van der Waals surface area (Å²) in [6.07, 6.45) is 2.01. The minimum atomic E-state index is -0.522. The van der Waals surface area contributed by atoms with Crippen LogP contribution in [0.5, 0.6) is 0 Å². The topological polar surface area (TPSA) is 66.8 Å². The van der Waals surface area contributed by atoms with Crippen LogP contribution in [0.1, 0.15) is 33.2 Å². The van der Waals surface area contributed by atoms with Crippen molar-refractivity contribution in [3.05, 3.63) is 119 Å². The molecule has 1 fully saturated rings. The van der Waals surface area contributed by atoms with Gasteiger partial charge in [-0.25, -0.2) is 0 Å². The third-order valence-electron chi connectivity index (χ3n) is 7.59. The van der Waals surface area contributed by atoms with Crippen molar-refractivity contribution >= 4 is 34.7 Å². The predicted molar refractivity (Wildman–Crippen MR) is 157 cm³/mol. The number of hydrogen-bond acceptors (Lipinski definition) is 5. The van der Waals surface area contributed by atoms with Crippen molar-refractivity contribution in [2.24, 2.45) is 0 Å². The van der Waals surface area contributed by atoms with Crippen molar-refractivity contribution in [2.75, 3.05) is 43.1 Å². The van der Waals surface area contributed by atoms with E-state index in [4.69, 9.17) is 16.3 Å². The fourth-order valence-corrected chi connectivity index (χ4v) is 5.57. The van der Waals surface area contributed by atoms with Crippen LogP contribution < -0.4 is 10.2 Å². The average Bonchev–Trinajstić information content (AvgIpc) is 3.38. The number of ether oxygens (including phenoxy) is 1. The Morgan fingerprint density at radius 1 is 0.925 bits per heavy atom. The second kappa shape index (κ2) is 11.7. The Hall–Kier alpha value is -3.91. The van der Waals surface area contributed by atoms with Gasteiger partial charge in [-0.2, -0.15) is 0 Å². The number of halogens is 1. The first-order valence-corrected chi connectivity index (χ1v) is 13.9. The number of benzene rings is 3. The van der Waals surface area contributed by atoms with E-state index in [1.54, 1.807) is 4.90 Å². The Balaban J connectivity index is 1.27. The molecule has 4 aromatic rings. The zero-order valence-corrected chi connectivity index (χ0v) is 22.9. The molecule has 3 heterocycles. The van der Waals surface area contributed by atoms with E-state index in [9.17, 15) is 9.59 Å². The molecule has 0 spiro atoms. The number of hydrogen-bond donors (Lipinski definition) is 1. The van der Waals surface area contributed by atoms with Gasteiger partial charge >= 0.3 is 0 Å². The lowest BCUT2D eigenvalue weighted by Gasteiger charge is -2.30. The third-order valence-corrected chi connectivity index (χ3v) is 7.96. The lowest BCUT2D eigenvalue weighted by atomic mass is 10.0. The predicted octanol–water partition coefficient (Wildman–Crippen LogP) is 5.40. The maximum absolute atomic E-state index is 13.8. The molecule has 2 aliphatic heterocycles. The number of ketones is 1. The monoisotopic (exact) mass is 554 g/mol. The van der Waals surface area contributed by atoms with Crippen LogP contribution in [0.3, 0.4) is 0 Å². The number of amides is 1. The molecule has 1 amide bonds. The molecule has 7 nitrogen and oxygen atoms in total. The highest BCUT2D eigenvalue weighted by atomic mass is 35.5. The smallest absolute Gasteiger partial charge is 0.241 e. The van der Waals surface area contributed by atoms with Crippen LogP contribution in [-0.4, -0.2) is 54.0 Å². The molecular formula is C32H31ClN4O3. The second-order valence-electron chi connectivity index (χ2n) is 10.2. The van der Waals surface area contributed by atoms with Crippen LogP contribution in [0.25, 0.3) is 0 Å². The van der Waals surface area contributed by atoms with Crippen molar-refractivity contribution in [3.8, 4) is 0 Å². The van der Waals surface area contributed by atoms with Crippen LogP contribution in [0.4, 0.5) is 11.4 Å². The number of aromatic nitrogens is 1. The molecule has 6 rings (SSSR count). The number of anilines is 2. The molecule has 40 heavy (non-hydrogen) atoms. The van der Waals surface area contributed by atoms with Gasteiger partial charge in [0.2, 0.25) is 5.91 Å². The van der Waals surface area contributed by atoms with Gasteiger partial charge in [-0.15, -0.1) is 0 Å². The fraction of sp³-hybridized carbons (Fsp3) is 0.250. The van der Waals surface area contributed by atoms with Crippen LogP contribution in [0.2, 0.25) is 5.02 Å². The third kappa shape index (κ3) is 5.54. The molecule has 2 aliphatic rings. The average molecular weight is 555 g/mol. The number of carbonyl (C=O) groups excluding carboxylic acids is 2. The first kappa shape index (κ1) is 26.3. The summed E-state index contributed by atoms with van der Waals surface area (Å²) in [5.41, 5.74) is 5.18. The maximum atomic E-state index is 13.8. The normalized spacial score (nSPS) is 16.8.